The summed E-state index contributed by atoms with van der Waals surface area (Å²) in [6.45, 7) is 4.98. The molecule has 2 aliphatic rings. The topological polar surface area (TPSA) is 47.0 Å². The molecule has 0 spiro atoms. The molecule has 0 radical (unpaired) electrons. The Kier molecular flexibility index (Phi) is 3.63. The van der Waals surface area contributed by atoms with Gasteiger partial charge in [0, 0.05) is 18.6 Å². The molecule has 2 atom stereocenters. The molecule has 1 aromatic heterocycles. The van der Waals surface area contributed by atoms with Crippen molar-refractivity contribution in [2.45, 2.75) is 51.2 Å². The van der Waals surface area contributed by atoms with Crippen LogP contribution in [0.2, 0.25) is 5.15 Å². The van der Waals surface area contributed by atoms with E-state index in [4.69, 9.17) is 16.3 Å². The Morgan fingerprint density at radius 1 is 1.32 bits per heavy atom. The summed E-state index contributed by atoms with van der Waals surface area (Å²) in [5, 5.41) is 3.99. The Morgan fingerprint density at radius 2 is 2.11 bits per heavy atom. The number of nitrogens with zero attached hydrogens (tertiary/aromatic N) is 2. The molecule has 1 aliphatic heterocycles. The van der Waals surface area contributed by atoms with Crippen LogP contribution in [0.25, 0.3) is 0 Å². The lowest BCUT2D eigenvalue weighted by atomic mass is 10.1. The predicted molar refractivity (Wildman–Crippen MR) is 75.6 cm³/mol. The van der Waals surface area contributed by atoms with Crippen LogP contribution in [0.4, 0.5) is 5.82 Å². The summed E-state index contributed by atoms with van der Waals surface area (Å²) in [7, 11) is 0. The first-order chi connectivity index (χ1) is 9.13. The fourth-order valence-electron chi connectivity index (χ4n) is 2.61. The minimum Gasteiger partial charge on any atom is -0.376 e. The van der Waals surface area contributed by atoms with Crippen LogP contribution in [0.3, 0.4) is 0 Å². The lowest BCUT2D eigenvalue weighted by molar-refractivity contribution is 0.0898. The summed E-state index contributed by atoms with van der Waals surface area (Å²) in [5.41, 5.74) is 0. The van der Waals surface area contributed by atoms with Crippen LogP contribution >= 0.6 is 11.6 Å². The van der Waals surface area contributed by atoms with Gasteiger partial charge in [-0.1, -0.05) is 25.4 Å². The molecule has 2 unspecified atom stereocenters. The summed E-state index contributed by atoms with van der Waals surface area (Å²) in [6, 6.07) is 2.16. The van der Waals surface area contributed by atoms with E-state index in [1.54, 1.807) is 6.07 Å². The quantitative estimate of drug-likeness (QED) is 0.861. The molecule has 2 fully saturated rings. The van der Waals surface area contributed by atoms with Gasteiger partial charge in [-0.25, -0.2) is 9.97 Å². The lowest BCUT2D eigenvalue weighted by Crippen LogP contribution is -2.31. The smallest absolute Gasteiger partial charge is 0.135 e. The highest BCUT2D eigenvalue weighted by Gasteiger charge is 2.40. The zero-order valence-electron chi connectivity index (χ0n) is 11.4. The van der Waals surface area contributed by atoms with Crippen LogP contribution in [0.15, 0.2) is 6.07 Å². The van der Waals surface area contributed by atoms with Gasteiger partial charge in [-0.15, -0.1) is 0 Å². The average molecular weight is 282 g/mol. The number of aromatic nitrogens is 2. The Bertz CT molecular complexity index is 462. The summed E-state index contributed by atoms with van der Waals surface area (Å²) in [5.74, 6) is 2.63. The Hall–Kier alpha value is -0.870. The van der Waals surface area contributed by atoms with Gasteiger partial charge in [-0.3, -0.25) is 0 Å². The van der Waals surface area contributed by atoms with Gasteiger partial charge in [0.1, 0.15) is 16.8 Å². The molecule has 1 saturated heterocycles. The first-order valence-corrected chi connectivity index (χ1v) is 7.44. The fraction of sp³-hybridized carbons (Fsp3) is 0.714. The molecule has 1 N–H and O–H groups in total. The largest absolute Gasteiger partial charge is 0.376 e. The minimum atomic E-state index is 0.276. The molecule has 19 heavy (non-hydrogen) atoms. The van der Waals surface area contributed by atoms with Crippen molar-refractivity contribution in [1.82, 2.24) is 9.97 Å². The maximum absolute atomic E-state index is 6.07. The van der Waals surface area contributed by atoms with E-state index >= 15 is 0 Å². The van der Waals surface area contributed by atoms with Crippen molar-refractivity contribution < 1.29 is 4.74 Å². The van der Waals surface area contributed by atoms with E-state index in [0.29, 0.717) is 17.3 Å². The van der Waals surface area contributed by atoms with Crippen molar-refractivity contribution >= 4 is 17.4 Å². The van der Waals surface area contributed by atoms with Crippen LogP contribution in [0.1, 0.15) is 44.9 Å². The van der Waals surface area contributed by atoms with Gasteiger partial charge in [-0.05, 0) is 25.2 Å². The molecule has 1 aliphatic carbocycles. The van der Waals surface area contributed by atoms with Gasteiger partial charge in [0.05, 0.1) is 12.1 Å². The van der Waals surface area contributed by atoms with E-state index in [0.717, 1.165) is 30.6 Å². The second-order valence-electron chi connectivity index (χ2n) is 5.80. The molecule has 1 aromatic rings. The van der Waals surface area contributed by atoms with Gasteiger partial charge in [0.2, 0.25) is 0 Å². The highest BCUT2D eigenvalue weighted by Crippen LogP contribution is 2.39. The van der Waals surface area contributed by atoms with E-state index < -0.39 is 0 Å². The van der Waals surface area contributed by atoms with Crippen molar-refractivity contribution in [2.24, 2.45) is 5.92 Å². The maximum Gasteiger partial charge on any atom is 0.135 e. The molecule has 0 bridgehead atoms. The van der Waals surface area contributed by atoms with E-state index in [1.807, 2.05) is 0 Å². The minimum absolute atomic E-state index is 0.276. The molecular formula is C14H20ClN3O. The Balaban J connectivity index is 1.75. The second kappa shape index (κ2) is 5.25. The number of ether oxygens (including phenoxy) is 1. The number of nitrogens with one attached hydrogen (secondary N) is 1. The van der Waals surface area contributed by atoms with E-state index in [-0.39, 0.29) is 5.92 Å². The summed E-state index contributed by atoms with van der Waals surface area (Å²) >= 11 is 6.07. The third-order valence-corrected chi connectivity index (χ3v) is 3.98. The van der Waals surface area contributed by atoms with Gasteiger partial charge >= 0.3 is 0 Å². The number of hydrogen-bond donors (Lipinski definition) is 1. The monoisotopic (exact) mass is 281 g/mol. The predicted octanol–water partition coefficient (Wildman–Crippen LogP) is 3.23. The van der Waals surface area contributed by atoms with Crippen molar-refractivity contribution in [1.29, 1.82) is 0 Å². The van der Waals surface area contributed by atoms with Crippen LogP contribution in [-0.4, -0.2) is 28.7 Å². The summed E-state index contributed by atoms with van der Waals surface area (Å²) < 4.78 is 5.83. The van der Waals surface area contributed by atoms with E-state index in [1.165, 1.54) is 12.8 Å². The zero-order chi connectivity index (χ0) is 13.4. The second-order valence-corrected chi connectivity index (χ2v) is 6.19. The average Bonchev–Trinajstić information content (AvgIpc) is 3.10. The molecule has 5 heteroatoms. The summed E-state index contributed by atoms with van der Waals surface area (Å²) in [6.07, 6.45) is 3.98. The van der Waals surface area contributed by atoms with Crippen molar-refractivity contribution in [3.63, 3.8) is 0 Å². The third-order valence-electron chi connectivity index (χ3n) is 3.78. The SMILES string of the molecule is CC(C)c1nc(Cl)cc(NC2CCOC2C2CC2)n1. The van der Waals surface area contributed by atoms with Crippen LogP contribution < -0.4 is 5.32 Å². The van der Waals surface area contributed by atoms with Gasteiger partial charge in [-0.2, -0.15) is 0 Å². The molecule has 0 aromatic carbocycles. The highest BCUT2D eigenvalue weighted by molar-refractivity contribution is 6.29. The molecule has 4 nitrogen and oxygen atoms in total. The highest BCUT2D eigenvalue weighted by atomic mass is 35.5. The number of hydrogen-bond acceptors (Lipinski definition) is 4. The zero-order valence-corrected chi connectivity index (χ0v) is 12.2. The third kappa shape index (κ3) is 3.00. The Morgan fingerprint density at radius 3 is 2.79 bits per heavy atom. The van der Waals surface area contributed by atoms with Gasteiger partial charge < -0.3 is 10.1 Å². The van der Waals surface area contributed by atoms with Gasteiger partial charge in [0.25, 0.3) is 0 Å². The van der Waals surface area contributed by atoms with Crippen LogP contribution in [-0.2, 0) is 4.74 Å². The lowest BCUT2D eigenvalue weighted by Gasteiger charge is -2.20. The van der Waals surface area contributed by atoms with E-state index in [2.05, 4.69) is 29.1 Å². The maximum atomic E-state index is 6.07. The van der Waals surface area contributed by atoms with Crippen molar-refractivity contribution in [2.75, 3.05) is 11.9 Å². The fourth-order valence-corrected chi connectivity index (χ4v) is 2.80. The molecular weight excluding hydrogens is 262 g/mol. The standard InChI is InChI=1S/C14H20ClN3O/c1-8(2)14-17-11(15)7-12(18-14)16-10-5-6-19-13(10)9-3-4-9/h7-10,13H,3-6H2,1-2H3,(H,16,17,18). The van der Waals surface area contributed by atoms with E-state index in [9.17, 15) is 0 Å². The number of anilines is 1. The molecule has 0 amide bonds. The van der Waals surface area contributed by atoms with Crippen LogP contribution in [0.5, 0.6) is 0 Å². The molecule has 2 heterocycles. The number of rotatable bonds is 4. The molecule has 1 saturated carbocycles. The van der Waals surface area contributed by atoms with Crippen molar-refractivity contribution in [3.8, 4) is 0 Å². The Labute approximate surface area is 118 Å². The normalized spacial score (nSPS) is 26.9. The molecule has 104 valence electrons. The first-order valence-electron chi connectivity index (χ1n) is 7.06. The summed E-state index contributed by atoms with van der Waals surface area (Å²) in [4.78, 5) is 8.81. The van der Waals surface area contributed by atoms with Crippen LogP contribution in [0, 0.1) is 5.92 Å². The van der Waals surface area contributed by atoms with Crippen molar-refractivity contribution in [3.05, 3.63) is 17.0 Å². The number of halogens is 1. The molecule has 3 rings (SSSR count). The first kappa shape index (κ1) is 13.1. The van der Waals surface area contributed by atoms with Gasteiger partial charge in [0.15, 0.2) is 0 Å².